The second-order valence-corrected chi connectivity index (χ2v) is 4.28. The van der Waals surface area contributed by atoms with Crippen molar-refractivity contribution in [1.29, 1.82) is 0 Å². The van der Waals surface area contributed by atoms with Gasteiger partial charge in [-0.1, -0.05) is 29.3 Å². The van der Waals surface area contributed by atoms with Gasteiger partial charge in [-0.2, -0.15) is 0 Å². The summed E-state index contributed by atoms with van der Waals surface area (Å²) < 4.78 is 0. The SMILES string of the molecule is Nc1cccc(Nc2cc(Cl)cc(Cl)c2)c1. The number of hydrogen-bond donors (Lipinski definition) is 2. The van der Waals surface area contributed by atoms with Crippen molar-refractivity contribution < 1.29 is 0 Å². The number of benzene rings is 2. The molecule has 2 rings (SSSR count). The monoisotopic (exact) mass is 252 g/mol. The Morgan fingerprint density at radius 3 is 2.19 bits per heavy atom. The van der Waals surface area contributed by atoms with Crippen LogP contribution in [0.2, 0.25) is 10.0 Å². The van der Waals surface area contributed by atoms with Crippen LogP contribution in [0.1, 0.15) is 0 Å². The maximum Gasteiger partial charge on any atom is 0.0441 e. The Morgan fingerprint density at radius 2 is 1.56 bits per heavy atom. The van der Waals surface area contributed by atoms with E-state index in [1.54, 1.807) is 18.2 Å². The van der Waals surface area contributed by atoms with Crippen LogP contribution in [0.15, 0.2) is 42.5 Å². The number of rotatable bonds is 2. The first-order valence-electron chi connectivity index (χ1n) is 4.72. The van der Waals surface area contributed by atoms with Gasteiger partial charge in [0.25, 0.3) is 0 Å². The second kappa shape index (κ2) is 4.64. The van der Waals surface area contributed by atoms with Crippen molar-refractivity contribution >= 4 is 40.3 Å². The molecule has 0 saturated carbocycles. The van der Waals surface area contributed by atoms with Gasteiger partial charge in [0.05, 0.1) is 0 Å². The van der Waals surface area contributed by atoms with Gasteiger partial charge in [-0.3, -0.25) is 0 Å². The van der Waals surface area contributed by atoms with E-state index in [-0.39, 0.29) is 0 Å². The molecule has 0 unspecified atom stereocenters. The maximum atomic E-state index is 5.90. The van der Waals surface area contributed by atoms with Gasteiger partial charge >= 0.3 is 0 Å². The van der Waals surface area contributed by atoms with Crippen molar-refractivity contribution in [3.8, 4) is 0 Å². The van der Waals surface area contributed by atoms with Gasteiger partial charge < -0.3 is 11.1 Å². The maximum absolute atomic E-state index is 5.90. The molecule has 4 heteroatoms. The van der Waals surface area contributed by atoms with E-state index in [0.717, 1.165) is 11.4 Å². The predicted molar refractivity (Wildman–Crippen MR) is 70.6 cm³/mol. The zero-order valence-electron chi connectivity index (χ0n) is 8.37. The molecule has 2 aromatic rings. The first-order valence-corrected chi connectivity index (χ1v) is 5.48. The highest BCUT2D eigenvalue weighted by Gasteiger charge is 1.99. The lowest BCUT2D eigenvalue weighted by atomic mass is 10.2. The molecule has 0 saturated heterocycles. The van der Waals surface area contributed by atoms with Crippen molar-refractivity contribution in [3.05, 3.63) is 52.5 Å². The number of nitrogens with one attached hydrogen (secondary N) is 1. The Balaban J connectivity index is 2.27. The number of halogens is 2. The van der Waals surface area contributed by atoms with Gasteiger partial charge in [0.15, 0.2) is 0 Å². The molecule has 2 aromatic carbocycles. The van der Waals surface area contributed by atoms with E-state index in [0.29, 0.717) is 15.7 Å². The minimum atomic E-state index is 0.596. The summed E-state index contributed by atoms with van der Waals surface area (Å²) in [5, 5.41) is 4.37. The largest absolute Gasteiger partial charge is 0.399 e. The standard InChI is InChI=1S/C12H10Cl2N2/c13-8-4-9(14)6-12(5-8)16-11-3-1-2-10(15)7-11/h1-7,16H,15H2. The molecule has 0 aliphatic rings. The minimum Gasteiger partial charge on any atom is -0.399 e. The summed E-state index contributed by atoms with van der Waals surface area (Å²) in [5.41, 5.74) is 8.12. The molecule has 0 bridgehead atoms. The fraction of sp³-hybridized carbons (Fsp3) is 0. The average Bonchev–Trinajstić information content (AvgIpc) is 2.15. The van der Waals surface area contributed by atoms with E-state index >= 15 is 0 Å². The number of anilines is 3. The topological polar surface area (TPSA) is 38.0 Å². The van der Waals surface area contributed by atoms with E-state index in [2.05, 4.69) is 5.32 Å². The Labute approximate surface area is 104 Å². The summed E-state index contributed by atoms with van der Waals surface area (Å²) in [6, 6.07) is 12.8. The molecule has 16 heavy (non-hydrogen) atoms. The molecule has 0 aromatic heterocycles. The molecule has 0 fully saturated rings. The molecular formula is C12H10Cl2N2. The van der Waals surface area contributed by atoms with E-state index in [1.165, 1.54) is 0 Å². The van der Waals surface area contributed by atoms with Crippen LogP contribution in [0.25, 0.3) is 0 Å². The third-order valence-electron chi connectivity index (χ3n) is 2.04. The summed E-state index contributed by atoms with van der Waals surface area (Å²) in [7, 11) is 0. The number of nitrogen functional groups attached to an aromatic ring is 1. The molecule has 82 valence electrons. The molecular weight excluding hydrogens is 243 g/mol. The first-order chi connectivity index (χ1) is 7.63. The summed E-state index contributed by atoms with van der Waals surface area (Å²) >= 11 is 11.8. The van der Waals surface area contributed by atoms with Gasteiger partial charge in [-0.25, -0.2) is 0 Å². The third kappa shape index (κ3) is 2.81. The summed E-state index contributed by atoms with van der Waals surface area (Å²) in [4.78, 5) is 0. The van der Waals surface area contributed by atoms with Crippen LogP contribution < -0.4 is 11.1 Å². The highest BCUT2D eigenvalue weighted by Crippen LogP contribution is 2.25. The highest BCUT2D eigenvalue weighted by atomic mass is 35.5. The van der Waals surface area contributed by atoms with Gasteiger partial charge in [-0.05, 0) is 36.4 Å². The first kappa shape index (κ1) is 11.1. The zero-order chi connectivity index (χ0) is 11.5. The Bertz CT molecular complexity index is 492. The van der Waals surface area contributed by atoms with Crippen LogP contribution in [0.5, 0.6) is 0 Å². The van der Waals surface area contributed by atoms with Crippen molar-refractivity contribution in [2.75, 3.05) is 11.1 Å². The van der Waals surface area contributed by atoms with Crippen molar-refractivity contribution in [1.82, 2.24) is 0 Å². The van der Waals surface area contributed by atoms with Crippen LogP contribution in [0, 0.1) is 0 Å². The Hall–Kier alpha value is -1.38. The minimum absolute atomic E-state index is 0.596. The summed E-state index contributed by atoms with van der Waals surface area (Å²) in [6.45, 7) is 0. The fourth-order valence-corrected chi connectivity index (χ4v) is 1.94. The highest BCUT2D eigenvalue weighted by molar-refractivity contribution is 6.35. The number of nitrogens with two attached hydrogens (primary N) is 1. The molecule has 0 radical (unpaired) electrons. The number of hydrogen-bond acceptors (Lipinski definition) is 2. The smallest absolute Gasteiger partial charge is 0.0441 e. The van der Waals surface area contributed by atoms with Crippen LogP contribution >= 0.6 is 23.2 Å². The molecule has 0 aliphatic carbocycles. The van der Waals surface area contributed by atoms with Crippen molar-refractivity contribution in [3.63, 3.8) is 0 Å². The lowest BCUT2D eigenvalue weighted by Gasteiger charge is -2.07. The van der Waals surface area contributed by atoms with E-state index in [1.807, 2.05) is 24.3 Å². The molecule has 0 aliphatic heterocycles. The lowest BCUT2D eigenvalue weighted by Crippen LogP contribution is -1.92. The summed E-state index contributed by atoms with van der Waals surface area (Å²) in [5.74, 6) is 0. The predicted octanol–water partition coefficient (Wildman–Crippen LogP) is 4.32. The van der Waals surface area contributed by atoms with Crippen LogP contribution in [0.4, 0.5) is 17.1 Å². The molecule has 0 heterocycles. The average molecular weight is 253 g/mol. The Morgan fingerprint density at radius 1 is 0.875 bits per heavy atom. The molecule has 0 amide bonds. The van der Waals surface area contributed by atoms with Crippen molar-refractivity contribution in [2.45, 2.75) is 0 Å². The van der Waals surface area contributed by atoms with Gasteiger partial charge in [-0.15, -0.1) is 0 Å². The molecule has 3 N–H and O–H groups in total. The normalized spacial score (nSPS) is 10.1. The quantitative estimate of drug-likeness (QED) is 0.782. The third-order valence-corrected chi connectivity index (χ3v) is 2.47. The van der Waals surface area contributed by atoms with Gasteiger partial charge in [0.2, 0.25) is 0 Å². The van der Waals surface area contributed by atoms with Gasteiger partial charge in [0, 0.05) is 27.1 Å². The molecule has 0 atom stereocenters. The van der Waals surface area contributed by atoms with E-state index in [9.17, 15) is 0 Å². The van der Waals surface area contributed by atoms with E-state index < -0.39 is 0 Å². The molecule has 2 nitrogen and oxygen atoms in total. The second-order valence-electron chi connectivity index (χ2n) is 3.41. The lowest BCUT2D eigenvalue weighted by molar-refractivity contribution is 1.55. The summed E-state index contributed by atoms with van der Waals surface area (Å²) in [6.07, 6.45) is 0. The van der Waals surface area contributed by atoms with Gasteiger partial charge in [0.1, 0.15) is 0 Å². The van der Waals surface area contributed by atoms with E-state index in [4.69, 9.17) is 28.9 Å². The molecule has 0 spiro atoms. The zero-order valence-corrected chi connectivity index (χ0v) is 9.89. The Kier molecular flexibility index (Phi) is 3.22. The van der Waals surface area contributed by atoms with Crippen molar-refractivity contribution in [2.24, 2.45) is 0 Å². The van der Waals surface area contributed by atoms with Crippen LogP contribution in [-0.4, -0.2) is 0 Å². The van der Waals surface area contributed by atoms with Crippen LogP contribution in [-0.2, 0) is 0 Å². The fourth-order valence-electron chi connectivity index (χ4n) is 1.41. The van der Waals surface area contributed by atoms with Crippen LogP contribution in [0.3, 0.4) is 0 Å².